The molecule has 4 nitrogen and oxygen atoms in total. The minimum Gasteiger partial charge on any atom is -0.283 e. The molecule has 0 atom stereocenters. The number of hydrogen-bond acceptors (Lipinski definition) is 5. The highest BCUT2D eigenvalue weighted by Crippen LogP contribution is 2.32. The van der Waals surface area contributed by atoms with Crippen LogP contribution in [0.5, 0.6) is 0 Å². The van der Waals surface area contributed by atoms with E-state index in [2.05, 4.69) is 10.2 Å². The van der Waals surface area contributed by atoms with E-state index >= 15 is 0 Å². The first-order chi connectivity index (χ1) is 8.09. The zero-order valence-corrected chi connectivity index (χ0v) is 11.5. The Morgan fingerprint density at radius 1 is 1.12 bits per heavy atom. The maximum absolute atomic E-state index is 6.13. The maximum Gasteiger partial charge on any atom is 0.222 e. The van der Waals surface area contributed by atoms with Gasteiger partial charge in [0.25, 0.3) is 0 Å². The number of anilines is 1. The first-order valence-corrected chi connectivity index (χ1v) is 6.28. The third kappa shape index (κ3) is 2.57. The summed E-state index contributed by atoms with van der Waals surface area (Å²) >= 11 is 7.64. The number of halogens is 1. The SMILES string of the molecule is CN(C)N(C)c1nnc(-c2ccccc2Cl)s1. The van der Waals surface area contributed by atoms with Gasteiger partial charge in [0, 0.05) is 26.7 Å². The standard InChI is InChI=1S/C11H13ClN4S/c1-15(2)16(3)11-14-13-10(17-11)8-6-4-5-7-9(8)12/h4-7H,1-3H3. The third-order valence-corrected chi connectivity index (χ3v) is 3.75. The summed E-state index contributed by atoms with van der Waals surface area (Å²) in [5.41, 5.74) is 0.921. The number of rotatable bonds is 3. The fourth-order valence-electron chi connectivity index (χ4n) is 1.26. The molecule has 6 heteroatoms. The van der Waals surface area contributed by atoms with E-state index in [9.17, 15) is 0 Å². The summed E-state index contributed by atoms with van der Waals surface area (Å²) in [5.74, 6) is 0. The van der Waals surface area contributed by atoms with Crippen LogP contribution in [0.3, 0.4) is 0 Å². The molecular weight excluding hydrogens is 256 g/mol. The average molecular weight is 269 g/mol. The molecule has 0 unspecified atom stereocenters. The molecule has 0 saturated carbocycles. The Bertz CT molecular complexity index is 512. The topological polar surface area (TPSA) is 32.3 Å². The number of hydrazine groups is 1. The van der Waals surface area contributed by atoms with E-state index in [0.717, 1.165) is 15.7 Å². The van der Waals surface area contributed by atoms with Gasteiger partial charge in [0.15, 0.2) is 5.01 Å². The highest BCUT2D eigenvalue weighted by atomic mass is 35.5. The van der Waals surface area contributed by atoms with E-state index in [1.807, 2.05) is 55.4 Å². The molecule has 0 aliphatic heterocycles. The first-order valence-electron chi connectivity index (χ1n) is 5.09. The van der Waals surface area contributed by atoms with Crippen molar-refractivity contribution in [2.45, 2.75) is 0 Å². The molecule has 0 N–H and O–H groups in total. The first kappa shape index (κ1) is 12.3. The Hall–Kier alpha value is -1.17. The van der Waals surface area contributed by atoms with Crippen LogP contribution >= 0.6 is 22.9 Å². The van der Waals surface area contributed by atoms with E-state index in [1.54, 1.807) is 0 Å². The molecule has 0 bridgehead atoms. The van der Waals surface area contributed by atoms with Crippen LogP contribution in [0.4, 0.5) is 5.13 Å². The predicted octanol–water partition coefficient (Wildman–Crippen LogP) is 2.77. The molecule has 1 aromatic heterocycles. The lowest BCUT2D eigenvalue weighted by atomic mass is 10.2. The Morgan fingerprint density at radius 2 is 1.82 bits per heavy atom. The van der Waals surface area contributed by atoms with Crippen LogP contribution in [-0.4, -0.2) is 36.3 Å². The van der Waals surface area contributed by atoms with Gasteiger partial charge < -0.3 is 0 Å². The molecule has 0 aliphatic rings. The quantitative estimate of drug-likeness (QED) is 0.802. The predicted molar refractivity (Wildman–Crippen MR) is 72.4 cm³/mol. The highest BCUT2D eigenvalue weighted by molar-refractivity contribution is 7.18. The molecule has 0 spiro atoms. The molecule has 2 aromatic rings. The Kier molecular flexibility index (Phi) is 3.61. The fraction of sp³-hybridized carbons (Fsp3) is 0.273. The number of aromatic nitrogens is 2. The highest BCUT2D eigenvalue weighted by Gasteiger charge is 2.13. The Balaban J connectivity index is 2.34. The van der Waals surface area contributed by atoms with Crippen LogP contribution in [0.15, 0.2) is 24.3 Å². The number of nitrogens with zero attached hydrogens (tertiary/aromatic N) is 4. The van der Waals surface area contributed by atoms with Gasteiger partial charge in [-0.05, 0) is 6.07 Å². The van der Waals surface area contributed by atoms with Gasteiger partial charge in [0.05, 0.1) is 5.02 Å². The smallest absolute Gasteiger partial charge is 0.222 e. The molecule has 0 saturated heterocycles. The van der Waals surface area contributed by atoms with Gasteiger partial charge in [-0.3, -0.25) is 5.01 Å². The van der Waals surface area contributed by atoms with Crippen molar-refractivity contribution < 1.29 is 0 Å². The van der Waals surface area contributed by atoms with E-state index < -0.39 is 0 Å². The molecular formula is C11H13ClN4S. The monoisotopic (exact) mass is 268 g/mol. The van der Waals surface area contributed by atoms with Gasteiger partial charge in [-0.1, -0.05) is 41.1 Å². The van der Waals surface area contributed by atoms with Crippen molar-refractivity contribution in [1.29, 1.82) is 0 Å². The molecule has 0 aliphatic carbocycles. The lowest BCUT2D eigenvalue weighted by molar-refractivity contribution is 0.396. The lowest BCUT2D eigenvalue weighted by Gasteiger charge is -2.22. The molecule has 0 radical (unpaired) electrons. The third-order valence-electron chi connectivity index (χ3n) is 2.40. The summed E-state index contributed by atoms with van der Waals surface area (Å²) in [7, 11) is 5.85. The lowest BCUT2D eigenvalue weighted by Crippen LogP contribution is -2.32. The van der Waals surface area contributed by atoms with Gasteiger partial charge in [0.1, 0.15) is 0 Å². The van der Waals surface area contributed by atoms with Gasteiger partial charge >= 0.3 is 0 Å². The van der Waals surface area contributed by atoms with Crippen molar-refractivity contribution in [3.8, 4) is 10.6 Å². The van der Waals surface area contributed by atoms with Crippen LogP contribution in [0.2, 0.25) is 5.02 Å². The minimum atomic E-state index is 0.697. The minimum absolute atomic E-state index is 0.697. The zero-order chi connectivity index (χ0) is 12.4. The molecule has 0 fully saturated rings. The van der Waals surface area contributed by atoms with Crippen LogP contribution < -0.4 is 5.01 Å². The average Bonchev–Trinajstić information content (AvgIpc) is 2.77. The van der Waals surface area contributed by atoms with Crippen LogP contribution in [0.1, 0.15) is 0 Å². The zero-order valence-electron chi connectivity index (χ0n) is 9.88. The van der Waals surface area contributed by atoms with Crippen molar-refractivity contribution in [2.75, 3.05) is 26.2 Å². The van der Waals surface area contributed by atoms with Gasteiger partial charge in [-0.25, -0.2) is 5.01 Å². The van der Waals surface area contributed by atoms with Gasteiger partial charge in [-0.2, -0.15) is 0 Å². The van der Waals surface area contributed by atoms with Crippen LogP contribution in [0, 0.1) is 0 Å². The largest absolute Gasteiger partial charge is 0.283 e. The molecule has 17 heavy (non-hydrogen) atoms. The Labute approximate surface area is 109 Å². The summed E-state index contributed by atoms with van der Waals surface area (Å²) in [4.78, 5) is 0. The number of hydrogen-bond donors (Lipinski definition) is 0. The molecule has 1 aromatic carbocycles. The molecule has 1 heterocycles. The van der Waals surface area contributed by atoms with Crippen molar-refractivity contribution in [3.63, 3.8) is 0 Å². The molecule has 0 amide bonds. The van der Waals surface area contributed by atoms with Crippen LogP contribution in [0.25, 0.3) is 10.6 Å². The van der Waals surface area contributed by atoms with E-state index in [4.69, 9.17) is 11.6 Å². The second-order valence-electron chi connectivity index (χ2n) is 3.74. The van der Waals surface area contributed by atoms with E-state index in [-0.39, 0.29) is 0 Å². The molecule has 90 valence electrons. The summed E-state index contributed by atoms with van der Waals surface area (Å²) in [6, 6.07) is 7.65. The fourth-order valence-corrected chi connectivity index (χ4v) is 2.46. The van der Waals surface area contributed by atoms with Crippen molar-refractivity contribution in [1.82, 2.24) is 15.2 Å². The van der Waals surface area contributed by atoms with E-state index in [0.29, 0.717) is 5.02 Å². The Morgan fingerprint density at radius 3 is 2.47 bits per heavy atom. The summed E-state index contributed by atoms with van der Waals surface area (Å²) in [5, 5.41) is 14.6. The van der Waals surface area contributed by atoms with Crippen LogP contribution in [-0.2, 0) is 0 Å². The molecule has 2 rings (SSSR count). The summed E-state index contributed by atoms with van der Waals surface area (Å²) in [6.45, 7) is 0. The van der Waals surface area contributed by atoms with E-state index in [1.165, 1.54) is 11.3 Å². The summed E-state index contributed by atoms with van der Waals surface area (Å²) < 4.78 is 0. The normalized spacial score (nSPS) is 10.9. The van der Waals surface area contributed by atoms with Gasteiger partial charge in [-0.15, -0.1) is 10.2 Å². The second kappa shape index (κ2) is 5.00. The summed E-state index contributed by atoms with van der Waals surface area (Å²) in [6.07, 6.45) is 0. The second-order valence-corrected chi connectivity index (χ2v) is 5.10. The maximum atomic E-state index is 6.13. The van der Waals surface area contributed by atoms with Gasteiger partial charge in [0.2, 0.25) is 5.13 Å². The van der Waals surface area contributed by atoms with Crippen molar-refractivity contribution >= 4 is 28.1 Å². The van der Waals surface area contributed by atoms with Crippen molar-refractivity contribution in [3.05, 3.63) is 29.3 Å². The van der Waals surface area contributed by atoms with Crippen molar-refractivity contribution in [2.24, 2.45) is 0 Å². The number of benzene rings is 1.